The number of rotatable bonds is 0. The van der Waals surface area contributed by atoms with Gasteiger partial charge in [-0.25, -0.2) is 4.57 Å². The van der Waals surface area contributed by atoms with Gasteiger partial charge in [-0.2, -0.15) is 0 Å². The minimum absolute atomic E-state index is 1.33. The van der Waals surface area contributed by atoms with Crippen LogP contribution in [0.5, 0.6) is 0 Å². The predicted molar refractivity (Wildman–Crippen MR) is 54.6 cm³/mol. The highest BCUT2D eigenvalue weighted by Gasteiger charge is 2.07. The maximum absolute atomic E-state index is 2.16. The van der Waals surface area contributed by atoms with Gasteiger partial charge in [0.15, 0.2) is 11.9 Å². The molecule has 2 rings (SSSR count). The molecule has 0 aliphatic heterocycles. The number of fused-ring (bicyclic) bond motifs is 1. The van der Waals surface area contributed by atoms with Crippen LogP contribution in [0.25, 0.3) is 10.8 Å². The summed E-state index contributed by atoms with van der Waals surface area (Å²) in [6.45, 7) is 4.32. The topological polar surface area (TPSA) is 3.88 Å². The third kappa shape index (κ3) is 1.21. The Morgan fingerprint density at radius 3 is 2.62 bits per heavy atom. The summed E-state index contributed by atoms with van der Waals surface area (Å²) in [5, 5.41) is 2.71. The molecular formula is C12H14N+. The maximum atomic E-state index is 2.16. The molecule has 1 nitrogen and oxygen atoms in total. The van der Waals surface area contributed by atoms with E-state index in [1.807, 2.05) is 0 Å². The van der Waals surface area contributed by atoms with Crippen molar-refractivity contribution in [1.29, 1.82) is 0 Å². The number of benzene rings is 1. The summed E-state index contributed by atoms with van der Waals surface area (Å²) in [7, 11) is 2.08. The molecule has 66 valence electrons. The van der Waals surface area contributed by atoms with Crippen LogP contribution in [-0.2, 0) is 7.05 Å². The predicted octanol–water partition coefficient (Wildman–Crippen LogP) is 2.28. The van der Waals surface area contributed by atoms with Crippen LogP contribution in [0.3, 0.4) is 0 Å². The molecule has 1 heteroatoms. The molecule has 1 aromatic heterocycles. The molecule has 13 heavy (non-hydrogen) atoms. The molecule has 1 aromatic carbocycles. The van der Waals surface area contributed by atoms with Crippen molar-refractivity contribution in [2.45, 2.75) is 13.8 Å². The highest BCUT2D eigenvalue weighted by molar-refractivity contribution is 5.86. The highest BCUT2D eigenvalue weighted by atomic mass is 14.9. The number of aryl methyl sites for hydroxylation is 3. The summed E-state index contributed by atoms with van der Waals surface area (Å²) in [6, 6.07) is 8.59. The first-order chi connectivity index (χ1) is 6.20. The number of hydrogen-bond acceptors (Lipinski definition) is 0. The van der Waals surface area contributed by atoms with Crippen molar-refractivity contribution >= 4 is 10.8 Å². The van der Waals surface area contributed by atoms with Gasteiger partial charge in [-0.15, -0.1) is 0 Å². The number of pyridine rings is 1. The van der Waals surface area contributed by atoms with Crippen LogP contribution in [0.2, 0.25) is 0 Å². The lowest BCUT2D eigenvalue weighted by Crippen LogP contribution is -2.31. The second-order valence-corrected chi connectivity index (χ2v) is 3.55. The van der Waals surface area contributed by atoms with Crippen molar-refractivity contribution in [3.05, 3.63) is 41.7 Å². The lowest BCUT2D eigenvalue weighted by atomic mass is 10.1. The first-order valence-electron chi connectivity index (χ1n) is 4.55. The van der Waals surface area contributed by atoms with E-state index in [1.165, 1.54) is 22.0 Å². The van der Waals surface area contributed by atoms with E-state index in [4.69, 9.17) is 0 Å². The van der Waals surface area contributed by atoms with E-state index in [1.54, 1.807) is 0 Å². The molecule has 1 heterocycles. The summed E-state index contributed by atoms with van der Waals surface area (Å²) in [5.74, 6) is 0. The van der Waals surface area contributed by atoms with E-state index in [-0.39, 0.29) is 0 Å². The van der Waals surface area contributed by atoms with E-state index in [0.29, 0.717) is 0 Å². The van der Waals surface area contributed by atoms with Crippen molar-refractivity contribution in [2.24, 2.45) is 7.05 Å². The summed E-state index contributed by atoms with van der Waals surface area (Å²) in [4.78, 5) is 0. The number of hydrogen-bond donors (Lipinski definition) is 0. The zero-order valence-electron chi connectivity index (χ0n) is 8.33. The van der Waals surface area contributed by atoms with Crippen LogP contribution in [0.15, 0.2) is 30.5 Å². The lowest BCUT2D eigenvalue weighted by molar-refractivity contribution is -0.676. The molecule has 0 aliphatic carbocycles. The summed E-state index contributed by atoms with van der Waals surface area (Å²) in [5.41, 5.74) is 2.68. The highest BCUT2D eigenvalue weighted by Crippen LogP contribution is 2.18. The van der Waals surface area contributed by atoms with Crippen molar-refractivity contribution in [1.82, 2.24) is 0 Å². The quantitative estimate of drug-likeness (QED) is 0.537. The zero-order valence-corrected chi connectivity index (χ0v) is 8.33. The molecule has 0 N–H and O–H groups in total. The van der Waals surface area contributed by atoms with Gasteiger partial charge in [-0.3, -0.25) is 0 Å². The van der Waals surface area contributed by atoms with Gasteiger partial charge in [0.25, 0.3) is 0 Å². The van der Waals surface area contributed by atoms with E-state index in [9.17, 15) is 0 Å². The molecule has 0 fully saturated rings. The third-order valence-corrected chi connectivity index (χ3v) is 2.67. The second-order valence-electron chi connectivity index (χ2n) is 3.55. The van der Waals surface area contributed by atoms with Gasteiger partial charge in [-0.05, 0) is 17.9 Å². The molecule has 0 unspecified atom stereocenters. The maximum Gasteiger partial charge on any atom is 0.186 e. The summed E-state index contributed by atoms with van der Waals surface area (Å²) >= 11 is 0. The van der Waals surface area contributed by atoms with Crippen LogP contribution in [-0.4, -0.2) is 0 Å². The van der Waals surface area contributed by atoms with Gasteiger partial charge in [-0.1, -0.05) is 18.2 Å². The van der Waals surface area contributed by atoms with Crippen molar-refractivity contribution in [2.75, 3.05) is 0 Å². The molecule has 0 aliphatic rings. The van der Waals surface area contributed by atoms with Gasteiger partial charge in [0.05, 0.1) is 5.39 Å². The van der Waals surface area contributed by atoms with Crippen LogP contribution in [0.1, 0.15) is 11.3 Å². The number of nitrogens with zero attached hydrogens (tertiary/aromatic N) is 1. The molecule has 0 radical (unpaired) electrons. The van der Waals surface area contributed by atoms with Gasteiger partial charge in [0.1, 0.15) is 7.05 Å². The average Bonchev–Trinajstić information content (AvgIpc) is 2.12. The Balaban J connectivity index is 2.97. The van der Waals surface area contributed by atoms with Crippen molar-refractivity contribution in [3.8, 4) is 0 Å². The Kier molecular flexibility index (Phi) is 1.80. The molecule has 0 spiro atoms. The molecule has 0 bridgehead atoms. The van der Waals surface area contributed by atoms with Gasteiger partial charge in [0, 0.05) is 13.0 Å². The molecular weight excluding hydrogens is 158 g/mol. The largest absolute Gasteiger partial charge is 0.205 e. The zero-order chi connectivity index (χ0) is 9.42. The van der Waals surface area contributed by atoms with Crippen molar-refractivity contribution in [3.63, 3.8) is 0 Å². The Morgan fingerprint density at radius 1 is 1.08 bits per heavy atom. The van der Waals surface area contributed by atoms with Crippen LogP contribution < -0.4 is 4.57 Å². The van der Waals surface area contributed by atoms with Crippen LogP contribution in [0, 0.1) is 13.8 Å². The van der Waals surface area contributed by atoms with E-state index >= 15 is 0 Å². The minimum Gasteiger partial charge on any atom is -0.205 e. The molecule has 0 atom stereocenters. The smallest absolute Gasteiger partial charge is 0.186 e. The fourth-order valence-electron chi connectivity index (χ4n) is 1.80. The fourth-order valence-corrected chi connectivity index (χ4v) is 1.80. The third-order valence-electron chi connectivity index (χ3n) is 2.67. The first kappa shape index (κ1) is 8.24. The average molecular weight is 172 g/mol. The molecule has 0 saturated carbocycles. The second kappa shape index (κ2) is 2.84. The standard InChI is InChI=1S/C12H14N/c1-9-5-4-6-11-7-8-13(3)10(2)12(9)11/h4-8H,1-3H3/q+1. The summed E-state index contributed by atoms with van der Waals surface area (Å²) < 4.78 is 2.16. The first-order valence-corrected chi connectivity index (χ1v) is 4.55. The Labute approximate surface area is 78.6 Å². The van der Waals surface area contributed by atoms with Crippen molar-refractivity contribution < 1.29 is 4.57 Å². The molecule has 0 amide bonds. The monoisotopic (exact) mass is 172 g/mol. The Bertz CT molecular complexity index is 458. The Morgan fingerprint density at radius 2 is 1.85 bits per heavy atom. The van der Waals surface area contributed by atoms with E-state index in [2.05, 4.69) is 55.9 Å². The lowest BCUT2D eigenvalue weighted by Gasteiger charge is -2.02. The molecule has 2 aromatic rings. The van der Waals surface area contributed by atoms with Crippen LogP contribution >= 0.6 is 0 Å². The van der Waals surface area contributed by atoms with Crippen LogP contribution in [0.4, 0.5) is 0 Å². The molecule has 0 saturated heterocycles. The Hall–Kier alpha value is -1.37. The number of aromatic nitrogens is 1. The normalized spacial score (nSPS) is 10.7. The van der Waals surface area contributed by atoms with E-state index in [0.717, 1.165) is 0 Å². The SMILES string of the molecule is Cc1cccc2cc[n+](C)c(C)c12. The summed E-state index contributed by atoms with van der Waals surface area (Å²) in [6.07, 6.45) is 2.11. The van der Waals surface area contributed by atoms with E-state index < -0.39 is 0 Å². The van der Waals surface area contributed by atoms with Gasteiger partial charge in [0.2, 0.25) is 0 Å². The minimum atomic E-state index is 1.33. The van der Waals surface area contributed by atoms with Gasteiger partial charge < -0.3 is 0 Å². The fraction of sp³-hybridized carbons (Fsp3) is 0.250. The van der Waals surface area contributed by atoms with Gasteiger partial charge >= 0.3 is 0 Å².